The fourth-order valence-corrected chi connectivity index (χ4v) is 23.3. The highest BCUT2D eigenvalue weighted by atomic mass is 79.9. The number of phenols is 7. The smallest absolute Gasteiger partial charge is 0.200 e. The summed E-state index contributed by atoms with van der Waals surface area (Å²) >= 11 is 17.9. The van der Waals surface area contributed by atoms with Crippen molar-refractivity contribution in [3.63, 3.8) is 0 Å². The van der Waals surface area contributed by atoms with Gasteiger partial charge in [-0.2, -0.15) is 0 Å². The van der Waals surface area contributed by atoms with Gasteiger partial charge in [-0.3, -0.25) is 0 Å². The number of fused-ring (bicyclic) bond motifs is 10. The Hall–Kier alpha value is -14.9. The number of nitrogens with two attached hydrogens (primary N) is 2. The molecule has 0 saturated carbocycles. The van der Waals surface area contributed by atoms with E-state index in [0.717, 1.165) is 137 Å². The molecular weight excluding hydrogens is 2110 g/mol. The number of aromatic hydroxyl groups is 7. The Balaban J connectivity index is 0.000000106. The lowest BCUT2D eigenvalue weighted by Crippen LogP contribution is -2.04. The monoisotopic (exact) mass is 2210 g/mol. The molecule has 21 aromatic rings. The van der Waals surface area contributed by atoms with Crippen LogP contribution in [0.3, 0.4) is 0 Å². The standard InChI is InChI=1S/C25H19Br2N.C25H20BrNO3.C25H22N2O3.C25H22N2O.C24H18Br2N2/c1-15-2-9-21-23(14-28-24(21)12-15)25(16-3-6-18(26)7-4-16)22-10-5-17-13-19(27)8-11-20(17)22;2*1-13-2-5-18-20(12-27-21(18)8-13)24(15-10-22(28)25(30)23(29)11-15)19-6-3-14-9-16(26)4-7-17(14)19;1-15-2-9-21-23(14-27-24(21)12-15)25(16-3-6-18(26)7-4-16)22-10-5-17-13-19(28)8-11-20(17)22;1-14-2-8-18-20(12-27-22(18)10-14)24(15-3-5-16(25)6-4-15)21-13-28-23-11-17(26)7-9-19(21)23/h2-4,6-14,25,28H,5H2,1H3;2,4-12,24,27-30H,3H2,1H3;2,4-12,24,27-30H,3,26H2,1H3;2-4,6-14,25,27-28H,5,26H2,1H3;2-13,24,27-28H,1H3. The zero-order valence-electron chi connectivity index (χ0n) is 79.2. The molecule has 0 amide bonds. The first-order valence-electron chi connectivity index (χ1n) is 47.7. The maximum atomic E-state index is 10.2. The number of anilines is 2. The van der Waals surface area contributed by atoms with E-state index in [2.05, 4.69) is 387 Å². The Morgan fingerprint density at radius 1 is 0.229 bits per heavy atom. The molecule has 0 bridgehead atoms. The highest BCUT2D eigenvalue weighted by Gasteiger charge is 2.35. The van der Waals surface area contributed by atoms with Crippen LogP contribution < -0.4 is 11.5 Å². The average molecular weight is 2210 g/mol. The van der Waals surface area contributed by atoms with Gasteiger partial charge in [-0.15, -0.1) is 0 Å². The van der Waals surface area contributed by atoms with Crippen LogP contribution in [-0.4, -0.2) is 65.6 Å². The number of nitrogen functional groups attached to an aromatic ring is 2. The Kier molecular flexibility index (Phi) is 26.3. The lowest BCUT2D eigenvalue weighted by molar-refractivity contribution is 0.367. The first-order valence-corrected chi connectivity index (χ1v) is 51.7. The number of aromatic nitrogens is 6. The summed E-state index contributed by atoms with van der Waals surface area (Å²) in [5.74, 6) is -2.08. The molecule has 0 fully saturated rings. The van der Waals surface area contributed by atoms with Crippen molar-refractivity contribution in [2.75, 3.05) is 11.5 Å². The van der Waals surface area contributed by atoms with E-state index in [-0.39, 0.29) is 52.6 Å². The van der Waals surface area contributed by atoms with Gasteiger partial charge in [0.15, 0.2) is 34.5 Å². The quantitative estimate of drug-likeness (QED) is 0.0343. The molecule has 17 N–H and O–H groups in total. The zero-order valence-corrected chi connectivity index (χ0v) is 87.2. The minimum absolute atomic E-state index is 0.0999. The van der Waals surface area contributed by atoms with Crippen molar-refractivity contribution in [3.05, 3.63) is 496 Å². The molecule has 5 atom stereocenters. The Labute approximate surface area is 874 Å². The number of benzene rings is 15. The van der Waals surface area contributed by atoms with Gasteiger partial charge in [-0.05, 0) is 368 Å². The first-order chi connectivity index (χ1) is 69.6. The van der Waals surface area contributed by atoms with Gasteiger partial charge in [-0.1, -0.05) is 231 Å². The maximum absolute atomic E-state index is 10.2. The van der Waals surface area contributed by atoms with Gasteiger partial charge in [0.05, 0.1) is 0 Å². The number of H-pyrrole nitrogens is 6. The summed E-state index contributed by atoms with van der Waals surface area (Å²) in [4.78, 5) is 20.6. The van der Waals surface area contributed by atoms with Gasteiger partial charge >= 0.3 is 0 Å². The molecule has 0 aliphatic heterocycles. The lowest BCUT2D eigenvalue weighted by Gasteiger charge is -2.21. The fourth-order valence-electron chi connectivity index (χ4n) is 21.6. The number of allylic oxidation sites excluding steroid dienone is 8. The van der Waals surface area contributed by atoms with Crippen molar-refractivity contribution in [2.45, 2.75) is 89.9 Å². The predicted octanol–water partition coefficient (Wildman–Crippen LogP) is 32.0. The molecule has 15 nitrogen and oxygen atoms in total. The van der Waals surface area contributed by atoms with Crippen LogP contribution in [0.2, 0.25) is 0 Å². The van der Waals surface area contributed by atoms with E-state index in [1.807, 2.05) is 67.8 Å². The molecule has 144 heavy (non-hydrogen) atoms. The van der Waals surface area contributed by atoms with Crippen LogP contribution in [-0.2, 0) is 25.7 Å². The predicted molar refractivity (Wildman–Crippen MR) is 605 cm³/mol. The first kappa shape index (κ1) is 95.3. The number of hydrogen-bond acceptors (Lipinski definition) is 9. The van der Waals surface area contributed by atoms with Crippen LogP contribution in [0.1, 0.15) is 163 Å². The molecule has 0 saturated heterocycles. The molecule has 4 aliphatic carbocycles. The summed E-state index contributed by atoms with van der Waals surface area (Å²) < 4.78 is 5.46. The molecule has 4 aliphatic rings. The van der Waals surface area contributed by atoms with Crippen LogP contribution in [0.5, 0.6) is 40.2 Å². The third kappa shape index (κ3) is 18.9. The largest absolute Gasteiger partial charge is 0.508 e. The maximum Gasteiger partial charge on any atom is 0.200 e. The van der Waals surface area contributed by atoms with Crippen molar-refractivity contribution < 1.29 is 35.7 Å². The van der Waals surface area contributed by atoms with Gasteiger partial charge in [0.1, 0.15) is 5.75 Å². The SMILES string of the molecule is Cc1ccc2c(C(C3=CCc4cc(Br)ccc43)c3cc(O)c(O)c(O)c3)c[nH]c2c1.Cc1ccc2c(C(C3=CCc4cc(Br)ccc43)c3ccc(Br)cc3)c[nH]c2c1.Cc1ccc2c(C(C3=CCc4cc(N)ccc43)c3cc(O)c(O)c(O)c3)c[nH]c2c1.Cc1ccc2c(C(C3=CCc4cc(O)ccc43)c3ccc(N)cc3)c[nH]c2c1.Cc1ccc2c(C(c3ccc(Br)cc3)c3c[nH]c4cc(Br)ccc34)c[nH]c2c1. The van der Waals surface area contributed by atoms with E-state index >= 15 is 0 Å². The van der Waals surface area contributed by atoms with Crippen LogP contribution >= 0.6 is 79.6 Å². The number of aryl methyl sites for hydroxylation is 5. The second-order valence-electron chi connectivity index (χ2n) is 38.0. The number of rotatable bonds is 15. The molecule has 6 heterocycles. The van der Waals surface area contributed by atoms with Crippen LogP contribution in [0.25, 0.3) is 87.7 Å². The highest BCUT2D eigenvalue weighted by molar-refractivity contribution is 9.11. The van der Waals surface area contributed by atoms with Gasteiger partial charge < -0.3 is 77.1 Å². The Morgan fingerprint density at radius 2 is 0.472 bits per heavy atom. The number of nitrogens with one attached hydrogen (secondary N) is 6. The van der Waals surface area contributed by atoms with Gasteiger partial charge in [0.2, 0.25) is 0 Å². The number of hydrogen-bond donors (Lipinski definition) is 15. The summed E-state index contributed by atoms with van der Waals surface area (Å²) in [6.45, 7) is 10.5. The number of aromatic amines is 6. The molecule has 5 unspecified atom stereocenters. The molecule has 714 valence electrons. The van der Waals surface area contributed by atoms with Crippen molar-refractivity contribution in [1.29, 1.82) is 0 Å². The molecule has 25 rings (SSSR count). The minimum Gasteiger partial charge on any atom is -0.508 e. The van der Waals surface area contributed by atoms with E-state index in [1.165, 1.54) is 157 Å². The highest BCUT2D eigenvalue weighted by Crippen LogP contribution is 2.54. The summed E-state index contributed by atoms with van der Waals surface area (Å²) in [5.41, 5.74) is 53.4. The Bertz CT molecular complexity index is 8220. The molecule has 0 spiro atoms. The zero-order chi connectivity index (χ0) is 99.7. The second kappa shape index (κ2) is 39.8. The van der Waals surface area contributed by atoms with Gasteiger partial charge in [0.25, 0.3) is 0 Å². The van der Waals surface area contributed by atoms with Crippen molar-refractivity contribution in [1.82, 2.24) is 29.9 Å². The second-order valence-corrected chi connectivity index (χ2v) is 42.5. The average Bonchev–Trinajstić information content (AvgIpc) is 1.63. The summed E-state index contributed by atoms with van der Waals surface area (Å²) in [5, 5.41) is 77.6. The molecule has 15 aromatic carbocycles. The summed E-state index contributed by atoms with van der Waals surface area (Å²) in [7, 11) is 0. The van der Waals surface area contributed by atoms with Crippen LogP contribution in [0.15, 0.2) is 363 Å². The van der Waals surface area contributed by atoms with Crippen molar-refractivity contribution >= 4 is 179 Å². The van der Waals surface area contributed by atoms with Crippen LogP contribution in [0, 0.1) is 34.6 Å². The topological polar surface area (TPSA) is 288 Å². The number of phenolic OH excluding ortho intramolecular Hbond substituents is 7. The molecule has 6 aromatic heterocycles. The molecule has 0 radical (unpaired) electrons. The van der Waals surface area contributed by atoms with E-state index in [1.54, 1.807) is 6.07 Å². The summed E-state index contributed by atoms with van der Waals surface area (Å²) in [6, 6.07) is 95.0. The Morgan fingerprint density at radius 3 is 0.812 bits per heavy atom. The van der Waals surface area contributed by atoms with Gasteiger partial charge in [-0.25, -0.2) is 0 Å². The molecular formula is C124H101Br5N8O7. The summed E-state index contributed by atoms with van der Waals surface area (Å²) in [6.07, 6.45) is 25.1. The van der Waals surface area contributed by atoms with E-state index in [9.17, 15) is 35.7 Å². The van der Waals surface area contributed by atoms with Crippen LogP contribution in [0.4, 0.5) is 11.4 Å². The molecule has 20 heteroatoms. The van der Waals surface area contributed by atoms with Crippen molar-refractivity contribution in [3.8, 4) is 40.2 Å². The lowest BCUT2D eigenvalue weighted by atomic mass is 9.82. The van der Waals surface area contributed by atoms with Gasteiger partial charge in [0, 0.05) is 166 Å². The number of halogens is 5. The fraction of sp³-hybridized carbons (Fsp3) is 0.113. The van der Waals surface area contributed by atoms with E-state index < -0.39 is 11.5 Å². The van der Waals surface area contributed by atoms with E-state index in [0.29, 0.717) is 16.9 Å². The van der Waals surface area contributed by atoms with Crippen molar-refractivity contribution in [2.24, 2.45) is 0 Å². The third-order valence-electron chi connectivity index (χ3n) is 28.4. The minimum atomic E-state index is -0.513. The van der Waals surface area contributed by atoms with E-state index in [4.69, 9.17) is 11.5 Å². The normalized spacial score (nSPS) is 13.8. The third-order valence-corrected chi connectivity index (χ3v) is 31.0.